The first-order chi connectivity index (χ1) is 13.4. The van der Waals surface area contributed by atoms with E-state index in [4.69, 9.17) is 11.6 Å². The second-order valence-electron chi connectivity index (χ2n) is 6.13. The van der Waals surface area contributed by atoms with Crippen LogP contribution in [0.2, 0.25) is 5.02 Å². The van der Waals surface area contributed by atoms with E-state index in [0.29, 0.717) is 17.3 Å². The molecule has 0 spiro atoms. The lowest BCUT2D eigenvalue weighted by Gasteiger charge is -2.09. The first-order valence-electron chi connectivity index (χ1n) is 8.30. The molecule has 0 radical (unpaired) electrons. The van der Waals surface area contributed by atoms with Crippen LogP contribution in [-0.2, 0) is 6.42 Å². The molecule has 0 aliphatic carbocycles. The predicted octanol–water partition coefficient (Wildman–Crippen LogP) is 5.77. The SMILES string of the molecule is FC(F)(F)Oc1ccc(-c2cccc3cc(Cc4ncc(Cl)cn4)[nH]c23)cc1. The number of ether oxygens (including phenoxy) is 1. The van der Waals surface area contributed by atoms with Crippen LogP contribution in [0.1, 0.15) is 11.5 Å². The molecular formula is C20H13ClF3N3O. The molecule has 28 heavy (non-hydrogen) atoms. The third-order valence-electron chi connectivity index (χ3n) is 4.13. The highest BCUT2D eigenvalue weighted by atomic mass is 35.5. The van der Waals surface area contributed by atoms with E-state index in [0.717, 1.165) is 27.7 Å². The zero-order valence-electron chi connectivity index (χ0n) is 14.3. The minimum Gasteiger partial charge on any atom is -0.406 e. The van der Waals surface area contributed by atoms with Gasteiger partial charge in [0.1, 0.15) is 11.6 Å². The number of para-hydroxylation sites is 1. The molecule has 4 nitrogen and oxygen atoms in total. The van der Waals surface area contributed by atoms with Crippen LogP contribution >= 0.6 is 11.6 Å². The largest absolute Gasteiger partial charge is 0.573 e. The van der Waals surface area contributed by atoms with Gasteiger partial charge in [-0.15, -0.1) is 13.2 Å². The Kier molecular flexibility index (Phi) is 4.68. The number of alkyl halides is 3. The number of nitrogens with one attached hydrogen (secondary N) is 1. The van der Waals surface area contributed by atoms with Gasteiger partial charge in [0.2, 0.25) is 0 Å². The van der Waals surface area contributed by atoms with Crippen LogP contribution in [0.3, 0.4) is 0 Å². The molecule has 2 heterocycles. The zero-order valence-corrected chi connectivity index (χ0v) is 15.1. The van der Waals surface area contributed by atoms with Crippen molar-refractivity contribution >= 4 is 22.5 Å². The monoisotopic (exact) mass is 403 g/mol. The summed E-state index contributed by atoms with van der Waals surface area (Å²) in [5.74, 6) is 0.377. The van der Waals surface area contributed by atoms with Crippen molar-refractivity contribution in [3.8, 4) is 16.9 Å². The third-order valence-corrected chi connectivity index (χ3v) is 4.33. The summed E-state index contributed by atoms with van der Waals surface area (Å²) in [5, 5.41) is 1.46. The molecule has 1 N–H and O–H groups in total. The van der Waals surface area contributed by atoms with Crippen molar-refractivity contribution in [2.45, 2.75) is 12.8 Å². The molecule has 8 heteroatoms. The second kappa shape index (κ2) is 7.16. The van der Waals surface area contributed by atoms with E-state index >= 15 is 0 Å². The van der Waals surface area contributed by atoms with Crippen molar-refractivity contribution in [1.82, 2.24) is 15.0 Å². The average molecular weight is 404 g/mol. The first kappa shape index (κ1) is 18.3. The van der Waals surface area contributed by atoms with Gasteiger partial charge in [-0.1, -0.05) is 41.9 Å². The van der Waals surface area contributed by atoms with E-state index in [1.807, 2.05) is 24.3 Å². The van der Waals surface area contributed by atoms with Crippen LogP contribution in [0, 0.1) is 0 Å². The van der Waals surface area contributed by atoms with Crippen molar-refractivity contribution in [2.24, 2.45) is 0 Å². The van der Waals surface area contributed by atoms with E-state index in [2.05, 4.69) is 19.7 Å². The van der Waals surface area contributed by atoms with Gasteiger partial charge >= 0.3 is 6.36 Å². The molecule has 2 aromatic carbocycles. The summed E-state index contributed by atoms with van der Waals surface area (Å²) in [5.41, 5.74) is 3.45. The fourth-order valence-electron chi connectivity index (χ4n) is 2.99. The number of H-pyrrole nitrogens is 1. The summed E-state index contributed by atoms with van der Waals surface area (Å²) < 4.78 is 40.9. The standard InChI is InChI=1S/C20H13ClF3N3O/c21-14-10-25-18(26-11-14)9-15-8-13-2-1-3-17(19(13)27-15)12-4-6-16(7-5-12)28-20(22,23)24/h1-8,10-11,27H,9H2. The predicted molar refractivity (Wildman–Crippen MR) is 100 cm³/mol. The van der Waals surface area contributed by atoms with Crippen molar-refractivity contribution < 1.29 is 17.9 Å². The number of fused-ring (bicyclic) bond motifs is 1. The molecule has 0 unspecified atom stereocenters. The van der Waals surface area contributed by atoms with Crippen molar-refractivity contribution in [1.29, 1.82) is 0 Å². The molecule has 2 aromatic heterocycles. The number of halogens is 4. The Hall–Kier alpha value is -3.06. The lowest BCUT2D eigenvalue weighted by Crippen LogP contribution is -2.16. The minimum absolute atomic E-state index is 0.254. The van der Waals surface area contributed by atoms with Crippen LogP contribution < -0.4 is 4.74 Å². The maximum atomic E-state index is 12.3. The van der Waals surface area contributed by atoms with Gasteiger partial charge in [0.15, 0.2) is 0 Å². The maximum Gasteiger partial charge on any atom is 0.573 e. The summed E-state index contributed by atoms with van der Waals surface area (Å²) in [6.45, 7) is 0. The fraction of sp³-hybridized carbons (Fsp3) is 0.100. The van der Waals surface area contributed by atoms with Gasteiger partial charge in [-0.05, 0) is 23.8 Å². The topological polar surface area (TPSA) is 50.8 Å². The molecule has 0 aliphatic rings. The molecule has 4 aromatic rings. The molecule has 0 fully saturated rings. The van der Waals surface area contributed by atoms with Crippen molar-refractivity contribution in [3.63, 3.8) is 0 Å². The summed E-state index contributed by atoms with van der Waals surface area (Å²) in [6, 6.07) is 13.5. The second-order valence-corrected chi connectivity index (χ2v) is 6.57. The Balaban J connectivity index is 1.64. The van der Waals surface area contributed by atoms with Crippen molar-refractivity contribution in [3.05, 3.63) is 77.5 Å². The van der Waals surface area contributed by atoms with Gasteiger partial charge in [-0.2, -0.15) is 0 Å². The number of rotatable bonds is 4. The summed E-state index contributed by atoms with van der Waals surface area (Å²) in [7, 11) is 0. The van der Waals surface area contributed by atoms with Crippen LogP contribution in [0.5, 0.6) is 5.75 Å². The number of aromatic nitrogens is 3. The van der Waals surface area contributed by atoms with Gasteiger partial charge in [-0.25, -0.2) is 9.97 Å². The fourth-order valence-corrected chi connectivity index (χ4v) is 3.08. The van der Waals surface area contributed by atoms with Gasteiger partial charge in [0.05, 0.1) is 10.5 Å². The first-order valence-corrected chi connectivity index (χ1v) is 8.68. The van der Waals surface area contributed by atoms with Gasteiger partial charge in [0, 0.05) is 35.5 Å². The molecule has 0 saturated carbocycles. The molecule has 4 rings (SSSR count). The summed E-state index contributed by atoms with van der Waals surface area (Å²) in [6.07, 6.45) is -1.12. The third kappa shape index (κ3) is 4.09. The average Bonchev–Trinajstić information content (AvgIpc) is 3.05. The van der Waals surface area contributed by atoms with E-state index in [1.165, 1.54) is 12.1 Å². The van der Waals surface area contributed by atoms with E-state index in [1.54, 1.807) is 24.5 Å². The highest BCUT2D eigenvalue weighted by Gasteiger charge is 2.31. The molecule has 0 bridgehead atoms. The van der Waals surface area contributed by atoms with Gasteiger partial charge < -0.3 is 9.72 Å². The van der Waals surface area contributed by atoms with E-state index in [9.17, 15) is 13.2 Å². The molecule has 0 atom stereocenters. The Morgan fingerprint density at radius 3 is 2.39 bits per heavy atom. The molecule has 142 valence electrons. The Morgan fingerprint density at radius 1 is 1.00 bits per heavy atom. The highest BCUT2D eigenvalue weighted by molar-refractivity contribution is 6.30. The van der Waals surface area contributed by atoms with Crippen LogP contribution in [0.15, 0.2) is 60.9 Å². The number of nitrogens with zero attached hydrogens (tertiary/aromatic N) is 2. The van der Waals surface area contributed by atoms with Gasteiger partial charge in [-0.3, -0.25) is 0 Å². The normalized spacial score (nSPS) is 11.7. The Labute approximate surface area is 163 Å². The molecule has 0 amide bonds. The van der Waals surface area contributed by atoms with E-state index < -0.39 is 6.36 Å². The smallest absolute Gasteiger partial charge is 0.406 e. The molecule has 0 saturated heterocycles. The quantitative estimate of drug-likeness (QED) is 0.470. The van der Waals surface area contributed by atoms with E-state index in [-0.39, 0.29) is 5.75 Å². The lowest BCUT2D eigenvalue weighted by molar-refractivity contribution is -0.274. The zero-order chi connectivity index (χ0) is 19.7. The number of hydrogen-bond donors (Lipinski definition) is 1. The Morgan fingerprint density at radius 2 is 1.71 bits per heavy atom. The molecule has 0 aliphatic heterocycles. The highest BCUT2D eigenvalue weighted by Crippen LogP contribution is 2.31. The summed E-state index contributed by atoms with van der Waals surface area (Å²) in [4.78, 5) is 11.7. The Bertz CT molecular complexity index is 1110. The summed E-state index contributed by atoms with van der Waals surface area (Å²) >= 11 is 5.81. The van der Waals surface area contributed by atoms with Crippen LogP contribution in [0.4, 0.5) is 13.2 Å². The van der Waals surface area contributed by atoms with Crippen molar-refractivity contribution in [2.75, 3.05) is 0 Å². The van der Waals surface area contributed by atoms with Crippen LogP contribution in [0.25, 0.3) is 22.0 Å². The van der Waals surface area contributed by atoms with Gasteiger partial charge in [0.25, 0.3) is 0 Å². The lowest BCUT2D eigenvalue weighted by atomic mass is 10.0. The number of hydrogen-bond acceptors (Lipinski definition) is 3. The molecular weight excluding hydrogens is 391 g/mol. The minimum atomic E-state index is -4.71. The number of aromatic amines is 1. The number of benzene rings is 2. The maximum absolute atomic E-state index is 12.3. The van der Waals surface area contributed by atoms with Crippen LogP contribution in [-0.4, -0.2) is 21.3 Å².